The van der Waals surface area contributed by atoms with Gasteiger partial charge in [0.15, 0.2) is 0 Å². The van der Waals surface area contributed by atoms with Crippen LogP contribution in [0.15, 0.2) is 24.7 Å². The van der Waals surface area contributed by atoms with Crippen molar-refractivity contribution in [1.82, 2.24) is 25.2 Å². The van der Waals surface area contributed by atoms with Crippen molar-refractivity contribution >= 4 is 22.8 Å². The van der Waals surface area contributed by atoms with E-state index in [-0.39, 0.29) is 28.7 Å². The quantitative estimate of drug-likeness (QED) is 0.429. The Hall–Kier alpha value is -3.53. The predicted molar refractivity (Wildman–Crippen MR) is 136 cm³/mol. The topological polar surface area (TPSA) is 120 Å². The number of carbonyl (C=O) groups excluding carboxylic acids is 2. The third-order valence-electron chi connectivity index (χ3n) is 7.55. The second-order valence-corrected chi connectivity index (χ2v) is 10.8. The average Bonchev–Trinajstić information content (AvgIpc) is 3.52. The third kappa shape index (κ3) is 4.90. The van der Waals surface area contributed by atoms with Gasteiger partial charge in [0.1, 0.15) is 35.7 Å². The summed E-state index contributed by atoms with van der Waals surface area (Å²) < 4.78 is 21.4. The van der Waals surface area contributed by atoms with E-state index in [0.717, 1.165) is 12.8 Å². The van der Waals surface area contributed by atoms with Crippen molar-refractivity contribution < 1.29 is 23.8 Å². The highest BCUT2D eigenvalue weighted by molar-refractivity contribution is 6.07. The Morgan fingerprint density at radius 1 is 1.30 bits per heavy atom. The monoisotopic (exact) mass is 509 g/mol. The molecule has 1 saturated carbocycles. The van der Waals surface area contributed by atoms with Crippen molar-refractivity contribution in [2.24, 2.45) is 17.3 Å². The Bertz CT molecular complexity index is 1350. The molecule has 3 aromatic rings. The molecule has 0 unspecified atom stereocenters. The lowest BCUT2D eigenvalue weighted by Gasteiger charge is -2.25. The van der Waals surface area contributed by atoms with Crippen LogP contribution in [0, 0.1) is 30.0 Å². The van der Waals surface area contributed by atoms with E-state index in [4.69, 9.17) is 4.74 Å². The summed E-state index contributed by atoms with van der Waals surface area (Å²) in [5, 5.41) is 12.2. The van der Waals surface area contributed by atoms with Crippen LogP contribution in [-0.4, -0.2) is 69.6 Å². The molecule has 2 amide bonds. The van der Waals surface area contributed by atoms with Gasteiger partial charge < -0.3 is 25.0 Å². The van der Waals surface area contributed by atoms with Crippen molar-refractivity contribution in [3.05, 3.63) is 41.6 Å². The molecular weight excluding hydrogens is 477 g/mol. The number of nitrogens with one attached hydrogen (secondary N) is 2. The van der Waals surface area contributed by atoms with E-state index in [1.165, 1.54) is 6.33 Å². The van der Waals surface area contributed by atoms with Gasteiger partial charge in [0.05, 0.1) is 23.3 Å². The molecule has 0 spiro atoms. The number of benzene rings is 1. The number of fused-ring (bicyclic) bond motifs is 1. The van der Waals surface area contributed by atoms with Crippen LogP contribution in [0.3, 0.4) is 0 Å². The number of halogens is 1. The van der Waals surface area contributed by atoms with Gasteiger partial charge in [0.2, 0.25) is 5.91 Å². The van der Waals surface area contributed by atoms with Crippen LogP contribution < -0.4 is 10.1 Å². The fourth-order valence-electron chi connectivity index (χ4n) is 4.94. The number of ether oxygens (including phenoxy) is 1. The van der Waals surface area contributed by atoms with Crippen LogP contribution in [0.25, 0.3) is 22.3 Å². The van der Waals surface area contributed by atoms with Crippen molar-refractivity contribution in [3.63, 3.8) is 0 Å². The fourth-order valence-corrected chi connectivity index (χ4v) is 4.94. The number of aromatic amines is 1. The first-order chi connectivity index (χ1) is 17.7. The molecule has 1 aromatic carbocycles. The van der Waals surface area contributed by atoms with Crippen molar-refractivity contribution in [3.8, 4) is 17.0 Å². The lowest BCUT2D eigenvalue weighted by Crippen LogP contribution is -2.35. The molecule has 37 heavy (non-hydrogen) atoms. The third-order valence-corrected chi connectivity index (χ3v) is 7.55. The van der Waals surface area contributed by atoms with Gasteiger partial charge in [0.25, 0.3) is 5.91 Å². The maximum atomic E-state index is 15.4. The normalized spacial score (nSPS) is 18.8. The van der Waals surface area contributed by atoms with E-state index in [1.807, 2.05) is 13.8 Å². The molecule has 9 nitrogen and oxygen atoms in total. The van der Waals surface area contributed by atoms with Gasteiger partial charge in [-0.3, -0.25) is 9.59 Å². The smallest absolute Gasteiger partial charge is 0.255 e. The van der Waals surface area contributed by atoms with Gasteiger partial charge in [0, 0.05) is 31.7 Å². The van der Waals surface area contributed by atoms with Crippen molar-refractivity contribution in [2.45, 2.75) is 33.6 Å². The van der Waals surface area contributed by atoms with Gasteiger partial charge in [-0.1, -0.05) is 19.9 Å². The first-order valence-electron chi connectivity index (χ1n) is 12.6. The Morgan fingerprint density at radius 3 is 2.81 bits per heavy atom. The molecule has 0 bridgehead atoms. The molecule has 2 aromatic heterocycles. The van der Waals surface area contributed by atoms with E-state index in [2.05, 4.69) is 20.3 Å². The minimum atomic E-state index is -0.526. The van der Waals surface area contributed by atoms with Crippen LogP contribution in [0.5, 0.6) is 5.75 Å². The summed E-state index contributed by atoms with van der Waals surface area (Å²) in [6, 6.07) is 3.45. The van der Waals surface area contributed by atoms with E-state index < -0.39 is 12.4 Å². The Kier molecular flexibility index (Phi) is 6.61. The first-order valence-corrected chi connectivity index (χ1v) is 12.6. The van der Waals surface area contributed by atoms with Gasteiger partial charge >= 0.3 is 0 Å². The molecule has 3 N–H and O–H groups in total. The Morgan fingerprint density at radius 2 is 2.08 bits per heavy atom. The number of aliphatic hydroxyl groups excluding tert-OH is 1. The van der Waals surface area contributed by atoms with E-state index >= 15 is 4.39 Å². The number of H-pyrrole nitrogens is 1. The van der Waals surface area contributed by atoms with Crippen molar-refractivity contribution in [2.75, 3.05) is 32.8 Å². The number of rotatable bonds is 8. The molecule has 0 radical (unpaired) electrons. The zero-order valence-corrected chi connectivity index (χ0v) is 21.3. The molecule has 10 heteroatoms. The van der Waals surface area contributed by atoms with Crippen LogP contribution in [0.2, 0.25) is 0 Å². The van der Waals surface area contributed by atoms with Gasteiger partial charge in [-0.15, -0.1) is 0 Å². The van der Waals surface area contributed by atoms with Gasteiger partial charge in [-0.05, 0) is 42.7 Å². The minimum absolute atomic E-state index is 0.0231. The molecule has 2 aliphatic rings. The number of likely N-dealkylation sites (tertiary alicyclic amines) is 1. The number of hydrogen-bond acceptors (Lipinski definition) is 6. The average molecular weight is 510 g/mol. The standard InChI is InChI=1S/C27H32FN5O4/c1-15-4-7-19(37-12-16-5-6-16)21(22(15)28)24-25-23(31-14-32-24)18(9-29-25)26(36)30-8-17-10-33(20(35)11-34)13-27(17,2)3/h4,7,9,14,16-17,29,34H,5-6,8,10-13H2,1-3H3,(H,30,36)/t17-/m0/s1. The number of hydrogen-bond donors (Lipinski definition) is 3. The number of carbonyl (C=O) groups is 2. The summed E-state index contributed by atoms with van der Waals surface area (Å²) in [5.74, 6) is -0.113. The van der Waals surface area contributed by atoms with Gasteiger partial charge in [-0.25, -0.2) is 14.4 Å². The fraction of sp³-hybridized carbons (Fsp3) is 0.481. The van der Waals surface area contributed by atoms with E-state index in [9.17, 15) is 14.7 Å². The maximum absolute atomic E-state index is 15.4. The van der Waals surface area contributed by atoms with Crippen LogP contribution in [0.4, 0.5) is 4.39 Å². The molecule has 1 aliphatic heterocycles. The van der Waals surface area contributed by atoms with E-state index in [1.54, 1.807) is 30.2 Å². The Balaban J connectivity index is 1.39. The molecule has 2 fully saturated rings. The highest BCUT2D eigenvalue weighted by atomic mass is 19.1. The molecule has 1 aliphatic carbocycles. The second kappa shape index (κ2) is 9.74. The van der Waals surface area contributed by atoms with Crippen LogP contribution in [0.1, 0.15) is 42.6 Å². The summed E-state index contributed by atoms with van der Waals surface area (Å²) in [6.45, 7) is 7.11. The van der Waals surface area contributed by atoms with Crippen LogP contribution in [-0.2, 0) is 4.79 Å². The predicted octanol–water partition coefficient (Wildman–Crippen LogP) is 3.07. The highest BCUT2D eigenvalue weighted by Crippen LogP contribution is 2.39. The minimum Gasteiger partial charge on any atom is -0.492 e. The molecule has 1 saturated heterocycles. The first kappa shape index (κ1) is 25.1. The summed E-state index contributed by atoms with van der Waals surface area (Å²) >= 11 is 0. The van der Waals surface area contributed by atoms with Crippen LogP contribution >= 0.6 is 0 Å². The molecule has 196 valence electrons. The second-order valence-electron chi connectivity index (χ2n) is 10.8. The molecular formula is C27H32FN5O4. The number of aryl methyl sites for hydroxylation is 1. The van der Waals surface area contributed by atoms with Crippen molar-refractivity contribution in [1.29, 1.82) is 0 Å². The van der Waals surface area contributed by atoms with E-state index in [0.29, 0.717) is 65.8 Å². The maximum Gasteiger partial charge on any atom is 0.255 e. The summed E-state index contributed by atoms with van der Waals surface area (Å²) in [4.78, 5) is 38.5. The zero-order chi connectivity index (χ0) is 26.3. The lowest BCUT2D eigenvalue weighted by atomic mass is 9.82. The molecule has 1 atom stereocenters. The van der Waals surface area contributed by atoms with Gasteiger partial charge in [-0.2, -0.15) is 0 Å². The summed E-state index contributed by atoms with van der Waals surface area (Å²) in [5.41, 5.74) is 2.01. The largest absolute Gasteiger partial charge is 0.492 e. The summed E-state index contributed by atoms with van der Waals surface area (Å²) in [7, 11) is 0. The molecule has 5 rings (SSSR count). The summed E-state index contributed by atoms with van der Waals surface area (Å²) in [6.07, 6.45) is 5.11. The Labute approximate surface area is 214 Å². The lowest BCUT2D eigenvalue weighted by molar-refractivity contribution is -0.133. The molecule has 3 heterocycles. The number of aliphatic hydroxyl groups is 1. The SMILES string of the molecule is Cc1ccc(OCC2CC2)c(-c2ncnc3c(C(=O)NC[C@H]4CN(C(=O)CO)CC4(C)C)c[nH]c23)c1F. The number of nitrogens with zero attached hydrogens (tertiary/aromatic N) is 3. The zero-order valence-electron chi connectivity index (χ0n) is 21.3. The highest BCUT2D eigenvalue weighted by Gasteiger charge is 2.41. The number of amides is 2. The number of aromatic nitrogens is 3.